The van der Waals surface area contributed by atoms with Crippen LogP contribution in [0.5, 0.6) is 23.0 Å². The molecule has 9 nitrogen and oxygen atoms in total. The van der Waals surface area contributed by atoms with Crippen molar-refractivity contribution in [3.63, 3.8) is 0 Å². The van der Waals surface area contributed by atoms with Crippen LogP contribution < -0.4 is 19.5 Å². The van der Waals surface area contributed by atoms with Crippen molar-refractivity contribution in [2.45, 2.75) is 50.9 Å². The van der Waals surface area contributed by atoms with Crippen LogP contribution in [0.25, 0.3) is 0 Å². The topological polar surface area (TPSA) is 116 Å². The number of carbonyl (C=O) groups is 2. The average Bonchev–Trinajstić information content (AvgIpc) is 3.00. The molecule has 4 rings (SSSR count). The molecule has 4 atom stereocenters. The molecule has 2 N–H and O–H groups in total. The molecule has 206 valence electrons. The Labute approximate surface area is 228 Å². The molecule has 1 aromatic heterocycles. The van der Waals surface area contributed by atoms with Crippen molar-refractivity contribution in [2.75, 3.05) is 13.7 Å². The minimum Gasteiger partial charge on any atom is -0.503 e. The van der Waals surface area contributed by atoms with Gasteiger partial charge in [0.15, 0.2) is 17.2 Å². The predicted octanol–water partition coefficient (Wildman–Crippen LogP) is 4.54. The second kappa shape index (κ2) is 13.5. The zero-order valence-corrected chi connectivity index (χ0v) is 22.1. The molecule has 0 saturated carbocycles. The van der Waals surface area contributed by atoms with Crippen molar-refractivity contribution >= 4 is 11.9 Å². The van der Waals surface area contributed by atoms with E-state index in [1.807, 2.05) is 60.7 Å². The summed E-state index contributed by atoms with van der Waals surface area (Å²) in [6, 6.07) is 19.6. The van der Waals surface area contributed by atoms with Crippen LogP contribution in [0.4, 0.5) is 0 Å². The summed E-state index contributed by atoms with van der Waals surface area (Å²) >= 11 is 0. The first kappa shape index (κ1) is 27.8. The van der Waals surface area contributed by atoms with Crippen molar-refractivity contribution in [2.24, 2.45) is 5.92 Å². The number of aromatic nitrogens is 1. The minimum atomic E-state index is -0.913. The number of cyclic esters (lactones) is 1. The van der Waals surface area contributed by atoms with Crippen LogP contribution in [0.3, 0.4) is 0 Å². The molecule has 1 aliphatic rings. The van der Waals surface area contributed by atoms with Crippen molar-refractivity contribution in [1.82, 2.24) is 10.3 Å². The van der Waals surface area contributed by atoms with Crippen LogP contribution in [-0.2, 0) is 9.53 Å². The van der Waals surface area contributed by atoms with Crippen molar-refractivity contribution in [1.29, 1.82) is 0 Å². The number of ether oxygens (including phenoxy) is 4. The Hall–Kier alpha value is -4.27. The molecule has 1 aliphatic heterocycles. The summed E-state index contributed by atoms with van der Waals surface area (Å²) in [5.74, 6) is -0.0401. The van der Waals surface area contributed by atoms with E-state index in [4.69, 9.17) is 18.9 Å². The number of para-hydroxylation sites is 2. The highest BCUT2D eigenvalue weighted by molar-refractivity contribution is 5.97. The lowest BCUT2D eigenvalue weighted by Gasteiger charge is -2.31. The van der Waals surface area contributed by atoms with Gasteiger partial charge in [-0.25, -0.2) is 9.78 Å². The van der Waals surface area contributed by atoms with Crippen LogP contribution in [0, 0.1) is 5.92 Å². The number of aromatic hydroxyl groups is 1. The molecule has 0 aliphatic carbocycles. The van der Waals surface area contributed by atoms with E-state index in [0.717, 1.165) is 12.2 Å². The van der Waals surface area contributed by atoms with E-state index in [1.165, 1.54) is 19.4 Å². The average molecular weight is 535 g/mol. The molecule has 0 bridgehead atoms. The number of nitrogens with zero attached hydrogens (tertiary/aromatic N) is 1. The third-order valence-electron chi connectivity index (χ3n) is 6.73. The fraction of sp³-hybridized carbons (Fsp3) is 0.367. The number of hydrogen-bond acceptors (Lipinski definition) is 8. The normalized spacial score (nSPS) is 21.4. The number of rotatable bonds is 9. The van der Waals surface area contributed by atoms with E-state index in [2.05, 4.69) is 10.3 Å². The van der Waals surface area contributed by atoms with Gasteiger partial charge in [0.1, 0.15) is 29.7 Å². The first-order chi connectivity index (χ1) is 19.0. The molecule has 1 fully saturated rings. The summed E-state index contributed by atoms with van der Waals surface area (Å²) in [6.45, 7) is 2.28. The maximum atomic E-state index is 13.2. The van der Waals surface area contributed by atoms with Crippen LogP contribution in [0.2, 0.25) is 0 Å². The van der Waals surface area contributed by atoms with Gasteiger partial charge < -0.3 is 29.4 Å². The molecule has 2 aromatic carbocycles. The Morgan fingerprint density at radius 2 is 1.74 bits per heavy atom. The number of nitrogens with one attached hydrogen (secondary N) is 1. The fourth-order valence-electron chi connectivity index (χ4n) is 4.71. The fourth-order valence-corrected chi connectivity index (χ4v) is 4.71. The van der Waals surface area contributed by atoms with E-state index < -0.39 is 35.9 Å². The lowest BCUT2D eigenvalue weighted by molar-refractivity contribution is -0.156. The van der Waals surface area contributed by atoms with Crippen molar-refractivity contribution in [3.8, 4) is 23.0 Å². The third-order valence-corrected chi connectivity index (χ3v) is 6.73. The molecule has 0 unspecified atom stereocenters. The molecule has 1 amide bonds. The summed E-state index contributed by atoms with van der Waals surface area (Å²) in [5.41, 5.74) is -0.226. The van der Waals surface area contributed by atoms with Gasteiger partial charge in [-0.2, -0.15) is 0 Å². The van der Waals surface area contributed by atoms with E-state index >= 15 is 0 Å². The Morgan fingerprint density at radius 3 is 2.44 bits per heavy atom. The number of hydrogen-bond donors (Lipinski definition) is 2. The van der Waals surface area contributed by atoms with Gasteiger partial charge in [0.2, 0.25) is 0 Å². The molecule has 1 saturated heterocycles. The van der Waals surface area contributed by atoms with Crippen LogP contribution >= 0.6 is 0 Å². The van der Waals surface area contributed by atoms with Gasteiger partial charge in [-0.1, -0.05) is 42.8 Å². The van der Waals surface area contributed by atoms with Crippen molar-refractivity contribution in [3.05, 3.63) is 78.6 Å². The van der Waals surface area contributed by atoms with E-state index in [1.54, 1.807) is 6.92 Å². The summed E-state index contributed by atoms with van der Waals surface area (Å²) in [4.78, 5) is 30.1. The number of esters is 1. The molecule has 2 heterocycles. The largest absolute Gasteiger partial charge is 0.503 e. The number of benzene rings is 2. The van der Waals surface area contributed by atoms with Crippen LogP contribution in [0.15, 0.2) is 72.9 Å². The lowest BCUT2D eigenvalue weighted by atomic mass is 9.89. The van der Waals surface area contributed by atoms with Crippen LogP contribution in [0.1, 0.15) is 43.1 Å². The third kappa shape index (κ3) is 7.40. The number of carbonyl (C=O) groups excluding carboxylic acids is 2. The molecule has 0 radical (unpaired) electrons. The molecular weight excluding hydrogens is 500 g/mol. The van der Waals surface area contributed by atoms with E-state index in [9.17, 15) is 14.7 Å². The van der Waals surface area contributed by atoms with E-state index in [0.29, 0.717) is 31.6 Å². The van der Waals surface area contributed by atoms with Gasteiger partial charge in [-0.15, -0.1) is 0 Å². The molecule has 3 aromatic rings. The van der Waals surface area contributed by atoms with E-state index in [-0.39, 0.29) is 17.4 Å². The minimum absolute atomic E-state index is 0.0234. The Kier molecular flexibility index (Phi) is 9.61. The van der Waals surface area contributed by atoms with Gasteiger partial charge in [0.05, 0.1) is 13.7 Å². The molecule has 0 spiro atoms. The second-order valence-corrected chi connectivity index (χ2v) is 9.42. The zero-order valence-electron chi connectivity index (χ0n) is 22.1. The predicted molar refractivity (Wildman–Crippen MR) is 144 cm³/mol. The molecular formula is C30H34N2O7. The SMILES string of the molecule is COc1ccnc(C(=O)N[C@H]2CCC[C@H](CCOc3ccccc3)[C@@H](Oc3ccccc3)[C@H](C)OC2=O)c1O. The van der Waals surface area contributed by atoms with Crippen molar-refractivity contribution < 1.29 is 33.6 Å². The maximum Gasteiger partial charge on any atom is 0.329 e. The zero-order chi connectivity index (χ0) is 27.6. The van der Waals surface area contributed by atoms with Gasteiger partial charge in [-0.3, -0.25) is 4.79 Å². The standard InChI is InChI=1S/C30H34N2O7/c1-20-28(39-23-13-7-4-8-14-23)21(17-19-37-22-11-5-3-6-12-22)10-9-15-24(30(35)38-20)32-29(34)26-27(33)25(36-2)16-18-31-26/h3-8,11-14,16,18,20-21,24,28,33H,9-10,15,17,19H2,1-2H3,(H,32,34)/t20-,21+,24-,28-/m0/s1. The Morgan fingerprint density at radius 1 is 1.05 bits per heavy atom. The Balaban J connectivity index is 1.49. The summed E-state index contributed by atoms with van der Waals surface area (Å²) in [7, 11) is 1.38. The summed E-state index contributed by atoms with van der Waals surface area (Å²) < 4.78 is 23.2. The first-order valence-electron chi connectivity index (χ1n) is 13.1. The maximum absolute atomic E-state index is 13.2. The quantitative estimate of drug-likeness (QED) is 0.385. The monoisotopic (exact) mass is 534 g/mol. The van der Waals surface area contributed by atoms with Gasteiger partial charge in [0, 0.05) is 18.2 Å². The Bertz CT molecular complexity index is 1220. The summed E-state index contributed by atoms with van der Waals surface area (Å²) in [6.07, 6.45) is 2.74. The molecule has 39 heavy (non-hydrogen) atoms. The number of methoxy groups -OCH3 is 1. The van der Waals surface area contributed by atoms with Crippen LogP contribution in [-0.4, -0.2) is 53.9 Å². The lowest BCUT2D eigenvalue weighted by Crippen LogP contribution is -2.45. The number of amides is 1. The number of pyridine rings is 1. The smallest absolute Gasteiger partial charge is 0.329 e. The highest BCUT2D eigenvalue weighted by Crippen LogP contribution is 2.30. The molecule has 9 heteroatoms. The van der Waals surface area contributed by atoms with Gasteiger partial charge >= 0.3 is 5.97 Å². The first-order valence-corrected chi connectivity index (χ1v) is 13.1. The van der Waals surface area contributed by atoms with Gasteiger partial charge in [-0.05, 0) is 50.5 Å². The second-order valence-electron chi connectivity index (χ2n) is 9.42. The highest BCUT2D eigenvalue weighted by atomic mass is 16.6. The highest BCUT2D eigenvalue weighted by Gasteiger charge is 2.36. The van der Waals surface area contributed by atoms with Gasteiger partial charge in [0.25, 0.3) is 5.91 Å². The summed E-state index contributed by atoms with van der Waals surface area (Å²) in [5, 5.41) is 13.0.